The van der Waals surface area contributed by atoms with Gasteiger partial charge in [-0.3, -0.25) is 0 Å². The van der Waals surface area contributed by atoms with Crippen LogP contribution in [-0.4, -0.2) is 0 Å². The Labute approximate surface area is 424 Å². The molecule has 0 amide bonds. The summed E-state index contributed by atoms with van der Waals surface area (Å²) in [6.07, 6.45) is 7.16. The normalized spacial score (nSPS) is 21.5. The van der Waals surface area contributed by atoms with E-state index in [1.807, 2.05) is 0 Å². The average Bonchev–Trinajstić information content (AvgIpc) is 3.90. The zero-order valence-electron chi connectivity index (χ0n) is 40.5. The second-order valence-corrected chi connectivity index (χ2v) is 21.6. The van der Waals surface area contributed by atoms with E-state index in [0.717, 1.165) is 35.0 Å². The van der Waals surface area contributed by atoms with E-state index in [2.05, 4.69) is 248 Å². The van der Waals surface area contributed by atoms with Crippen molar-refractivity contribution in [1.82, 2.24) is 0 Å². The first-order valence-corrected chi connectivity index (χ1v) is 26.5. The third kappa shape index (κ3) is 6.32. The number of fused-ring (bicyclic) bond motifs is 10. The number of anilines is 3. The van der Waals surface area contributed by atoms with Crippen LogP contribution >= 0.6 is 0 Å². The summed E-state index contributed by atoms with van der Waals surface area (Å²) in [4.78, 5) is 2.58. The van der Waals surface area contributed by atoms with Gasteiger partial charge >= 0.3 is 0 Å². The van der Waals surface area contributed by atoms with Crippen molar-refractivity contribution in [2.45, 2.75) is 43.4 Å². The molecule has 1 unspecified atom stereocenters. The highest BCUT2D eigenvalue weighted by atomic mass is 15.1. The Balaban J connectivity index is 0.947. The monoisotopic (exact) mass is 921 g/mol. The highest BCUT2D eigenvalue weighted by Crippen LogP contribution is 2.64. The predicted molar refractivity (Wildman–Crippen MR) is 299 cm³/mol. The quantitative estimate of drug-likeness (QED) is 0.147. The molecule has 6 aliphatic rings. The average molecular weight is 922 g/mol. The molecule has 10 aromatic rings. The fraction of sp³-hybridized carbons (Fsp3) is 0.155. The Morgan fingerprint density at radius 3 is 1.36 bits per heavy atom. The molecule has 6 aliphatic carbocycles. The summed E-state index contributed by atoms with van der Waals surface area (Å²) in [7, 11) is 0. The lowest BCUT2D eigenvalue weighted by molar-refractivity contribution is -0.00277. The number of benzene rings is 10. The van der Waals surface area contributed by atoms with Crippen LogP contribution in [0.4, 0.5) is 17.1 Å². The van der Waals surface area contributed by atoms with E-state index in [1.54, 1.807) is 5.56 Å². The van der Waals surface area contributed by atoms with Crippen molar-refractivity contribution in [1.29, 1.82) is 0 Å². The maximum atomic E-state index is 2.58. The molecule has 10 aromatic carbocycles. The molecule has 1 spiro atoms. The lowest BCUT2D eigenvalue weighted by atomic mass is 9.51. The zero-order chi connectivity index (χ0) is 47.3. The fourth-order valence-electron chi connectivity index (χ4n) is 15.3. The minimum absolute atomic E-state index is 0.513. The second kappa shape index (κ2) is 16.5. The second-order valence-electron chi connectivity index (χ2n) is 21.6. The van der Waals surface area contributed by atoms with Gasteiger partial charge in [0.2, 0.25) is 0 Å². The zero-order valence-corrected chi connectivity index (χ0v) is 40.5. The largest absolute Gasteiger partial charge is 0.310 e. The SMILES string of the molecule is c1ccc(-c2ccc3c(c2)C2(c4ccccc4-3)c3ccccc3-c3ccc(N(c4ccc(C5C6CC7CC(C6)CC5C7)cc4)c4ccccc4-c4ccccc4-c4ccccc4-c4ccccc4)cc32)cc1. The molecule has 16 rings (SSSR count). The summed E-state index contributed by atoms with van der Waals surface area (Å²) in [5.41, 5.74) is 24.9. The van der Waals surface area contributed by atoms with E-state index in [0.29, 0.717) is 5.92 Å². The first kappa shape index (κ1) is 41.8. The van der Waals surface area contributed by atoms with Crippen molar-refractivity contribution in [3.05, 3.63) is 270 Å². The summed E-state index contributed by atoms with van der Waals surface area (Å²) in [6, 6.07) is 91.8. The number of rotatable bonds is 8. The molecule has 1 heteroatoms. The maximum absolute atomic E-state index is 2.58. The van der Waals surface area contributed by atoms with Gasteiger partial charge in [0.05, 0.1) is 11.1 Å². The van der Waals surface area contributed by atoms with E-state index >= 15 is 0 Å². The minimum atomic E-state index is -0.513. The highest BCUT2D eigenvalue weighted by Gasteiger charge is 2.52. The third-order valence-electron chi connectivity index (χ3n) is 17.9. The standard InChI is InChI=1S/C71H55N/c1-3-17-48(18-4-1)51-33-37-62-60-25-11-14-28-65(60)71(67(62)44-51)66-29-15-12-26-61(66)63-38-36-55(45-68(63)71)72(54-34-31-50(32-35-54)70-52-40-46-39-47(42-52)43-53(70)41-46)69-30-16-13-27-64(69)59-24-10-9-23-58(59)57-22-8-7-21-56(57)49-19-5-2-6-20-49/h1-38,44-47,52-53,70H,39-43H2. The molecular weight excluding hydrogens is 867 g/mol. The van der Waals surface area contributed by atoms with Gasteiger partial charge < -0.3 is 4.90 Å². The topological polar surface area (TPSA) is 3.24 Å². The van der Waals surface area contributed by atoms with E-state index in [4.69, 9.17) is 0 Å². The number of nitrogens with zero attached hydrogens (tertiary/aromatic N) is 1. The molecule has 1 atom stereocenters. The van der Waals surface area contributed by atoms with Crippen LogP contribution in [0.5, 0.6) is 0 Å². The number of hydrogen-bond acceptors (Lipinski definition) is 1. The van der Waals surface area contributed by atoms with Crippen LogP contribution in [-0.2, 0) is 5.41 Å². The van der Waals surface area contributed by atoms with Gasteiger partial charge in [0.25, 0.3) is 0 Å². The molecule has 0 heterocycles. The van der Waals surface area contributed by atoms with E-state index < -0.39 is 5.41 Å². The summed E-state index contributed by atoms with van der Waals surface area (Å²) in [6.45, 7) is 0. The fourth-order valence-corrected chi connectivity index (χ4v) is 15.3. The third-order valence-corrected chi connectivity index (χ3v) is 17.9. The molecule has 344 valence electrons. The maximum Gasteiger partial charge on any atom is 0.0726 e. The van der Waals surface area contributed by atoms with Crippen LogP contribution in [0.25, 0.3) is 66.8 Å². The van der Waals surface area contributed by atoms with Crippen molar-refractivity contribution in [2.24, 2.45) is 23.7 Å². The predicted octanol–water partition coefficient (Wildman–Crippen LogP) is 18.7. The summed E-state index contributed by atoms with van der Waals surface area (Å²) in [5, 5.41) is 0. The van der Waals surface area contributed by atoms with Gasteiger partial charge in [-0.25, -0.2) is 0 Å². The van der Waals surface area contributed by atoms with Crippen LogP contribution in [0, 0.1) is 23.7 Å². The molecule has 4 saturated carbocycles. The van der Waals surface area contributed by atoms with Crippen molar-refractivity contribution >= 4 is 17.1 Å². The highest BCUT2D eigenvalue weighted by molar-refractivity contribution is 6.00. The molecular formula is C71H55N. The summed E-state index contributed by atoms with van der Waals surface area (Å²) >= 11 is 0. The molecule has 1 nitrogen and oxygen atoms in total. The Morgan fingerprint density at radius 1 is 0.292 bits per heavy atom. The molecule has 0 radical (unpaired) electrons. The molecule has 0 aromatic heterocycles. The van der Waals surface area contributed by atoms with Crippen molar-refractivity contribution in [2.75, 3.05) is 4.90 Å². The van der Waals surface area contributed by atoms with Crippen LogP contribution in [0.15, 0.2) is 243 Å². The first-order chi connectivity index (χ1) is 35.7. The van der Waals surface area contributed by atoms with Crippen LogP contribution in [0.3, 0.4) is 0 Å². The smallest absolute Gasteiger partial charge is 0.0726 e. The summed E-state index contributed by atoms with van der Waals surface area (Å²) < 4.78 is 0. The number of hydrogen-bond donors (Lipinski definition) is 0. The Kier molecular flexibility index (Phi) is 9.59. The van der Waals surface area contributed by atoms with Gasteiger partial charge in [0, 0.05) is 16.9 Å². The van der Waals surface area contributed by atoms with E-state index in [-0.39, 0.29) is 0 Å². The van der Waals surface area contributed by atoms with Crippen LogP contribution in [0.2, 0.25) is 0 Å². The first-order valence-electron chi connectivity index (χ1n) is 26.5. The van der Waals surface area contributed by atoms with Gasteiger partial charge in [0.15, 0.2) is 0 Å². The molecule has 0 N–H and O–H groups in total. The lowest BCUT2D eigenvalue weighted by Gasteiger charge is -2.54. The minimum Gasteiger partial charge on any atom is -0.310 e. The van der Waals surface area contributed by atoms with Crippen molar-refractivity contribution < 1.29 is 0 Å². The van der Waals surface area contributed by atoms with Gasteiger partial charge in [-0.05, 0) is 187 Å². The van der Waals surface area contributed by atoms with Gasteiger partial charge in [-0.1, -0.05) is 206 Å². The summed E-state index contributed by atoms with van der Waals surface area (Å²) in [5.74, 6) is 4.23. The number of para-hydroxylation sites is 1. The van der Waals surface area contributed by atoms with Gasteiger partial charge in [0.1, 0.15) is 0 Å². The van der Waals surface area contributed by atoms with Crippen molar-refractivity contribution in [3.8, 4) is 66.8 Å². The van der Waals surface area contributed by atoms with Crippen molar-refractivity contribution in [3.63, 3.8) is 0 Å². The molecule has 4 bridgehead atoms. The molecule has 0 saturated heterocycles. The van der Waals surface area contributed by atoms with Crippen LogP contribution < -0.4 is 4.90 Å². The van der Waals surface area contributed by atoms with Gasteiger partial charge in [-0.15, -0.1) is 0 Å². The molecule has 4 fully saturated rings. The lowest BCUT2D eigenvalue weighted by Crippen LogP contribution is -2.43. The molecule has 0 aliphatic heterocycles. The Morgan fingerprint density at radius 2 is 0.736 bits per heavy atom. The molecule has 72 heavy (non-hydrogen) atoms. The Bertz CT molecular complexity index is 3670. The van der Waals surface area contributed by atoms with Gasteiger partial charge in [-0.2, -0.15) is 0 Å². The van der Waals surface area contributed by atoms with Crippen LogP contribution in [0.1, 0.15) is 65.8 Å². The van der Waals surface area contributed by atoms with E-state index in [1.165, 1.54) is 127 Å². The Hall–Kier alpha value is -8.00. The van der Waals surface area contributed by atoms with E-state index in [9.17, 15) is 0 Å².